The number of rotatable bonds is 7. The summed E-state index contributed by atoms with van der Waals surface area (Å²) in [5.74, 6) is -0.756. The summed E-state index contributed by atoms with van der Waals surface area (Å²) in [4.78, 5) is 23.8. The van der Waals surface area contributed by atoms with E-state index >= 15 is 0 Å². The van der Waals surface area contributed by atoms with Gasteiger partial charge in [0.2, 0.25) is 0 Å². The number of esters is 1. The van der Waals surface area contributed by atoms with Crippen molar-refractivity contribution in [3.63, 3.8) is 0 Å². The van der Waals surface area contributed by atoms with Gasteiger partial charge in [0.05, 0.1) is 7.11 Å². The third kappa shape index (κ3) is 6.05. The van der Waals surface area contributed by atoms with Crippen molar-refractivity contribution in [1.29, 1.82) is 0 Å². The quantitative estimate of drug-likeness (QED) is 0.611. The van der Waals surface area contributed by atoms with Crippen molar-refractivity contribution in [2.45, 2.75) is 19.6 Å². The van der Waals surface area contributed by atoms with E-state index in [2.05, 4.69) is 5.32 Å². The summed E-state index contributed by atoms with van der Waals surface area (Å²) in [5.41, 5.74) is 1.42. The van der Waals surface area contributed by atoms with Gasteiger partial charge in [0.15, 0.2) is 6.10 Å². The maximum Gasteiger partial charge on any atom is 0.331 e. The van der Waals surface area contributed by atoms with Crippen LogP contribution in [0.5, 0.6) is 5.75 Å². The van der Waals surface area contributed by atoms with E-state index in [1.165, 1.54) is 31.2 Å². The van der Waals surface area contributed by atoms with Crippen LogP contribution in [0, 0.1) is 5.82 Å². The smallest absolute Gasteiger partial charge is 0.331 e. The highest BCUT2D eigenvalue weighted by Crippen LogP contribution is 2.11. The van der Waals surface area contributed by atoms with Gasteiger partial charge in [-0.15, -0.1) is 0 Å². The van der Waals surface area contributed by atoms with E-state index in [-0.39, 0.29) is 0 Å². The van der Waals surface area contributed by atoms with Gasteiger partial charge in [-0.2, -0.15) is 0 Å². The fraction of sp³-hybridized carbons (Fsp3) is 0.200. The summed E-state index contributed by atoms with van der Waals surface area (Å²) in [5, 5.41) is 2.69. The van der Waals surface area contributed by atoms with E-state index in [9.17, 15) is 14.0 Å². The number of carbonyl (C=O) groups is 2. The van der Waals surface area contributed by atoms with Crippen molar-refractivity contribution in [2.75, 3.05) is 7.11 Å². The minimum atomic E-state index is -0.946. The van der Waals surface area contributed by atoms with Crippen LogP contribution in [-0.2, 0) is 20.9 Å². The lowest BCUT2D eigenvalue weighted by Gasteiger charge is -2.12. The zero-order valence-corrected chi connectivity index (χ0v) is 14.6. The molecule has 0 saturated heterocycles. The highest BCUT2D eigenvalue weighted by molar-refractivity contribution is 5.90. The number of carbonyl (C=O) groups excluding carboxylic acids is 2. The second kappa shape index (κ2) is 9.36. The van der Waals surface area contributed by atoms with Crippen LogP contribution in [0.15, 0.2) is 54.6 Å². The standard InChI is InChI=1S/C20H20FNO4/c1-14(20(24)22-13-16-6-9-18(25-2)10-7-16)26-19(23)11-8-15-4-3-5-17(21)12-15/h3-12,14H,13H2,1-2H3,(H,22,24)/b11-8+/t14-/m1/s1. The molecule has 1 N–H and O–H groups in total. The molecule has 1 atom stereocenters. The van der Waals surface area contributed by atoms with Crippen molar-refractivity contribution in [3.05, 3.63) is 71.6 Å². The van der Waals surface area contributed by atoms with Crippen molar-refractivity contribution in [1.82, 2.24) is 5.32 Å². The largest absolute Gasteiger partial charge is 0.497 e. The van der Waals surface area contributed by atoms with E-state index in [0.717, 1.165) is 17.4 Å². The van der Waals surface area contributed by atoms with Crippen LogP contribution in [0.4, 0.5) is 4.39 Å². The molecule has 0 unspecified atom stereocenters. The van der Waals surface area contributed by atoms with Gasteiger partial charge in [-0.1, -0.05) is 24.3 Å². The molecule has 2 aromatic rings. The first-order chi connectivity index (χ1) is 12.5. The molecule has 136 valence electrons. The predicted octanol–water partition coefficient (Wildman–Crippen LogP) is 3.10. The first kappa shape index (κ1) is 19.2. The van der Waals surface area contributed by atoms with Gasteiger partial charge in [-0.25, -0.2) is 9.18 Å². The first-order valence-electron chi connectivity index (χ1n) is 8.03. The monoisotopic (exact) mass is 357 g/mol. The number of halogens is 1. The highest BCUT2D eigenvalue weighted by Gasteiger charge is 2.16. The zero-order valence-electron chi connectivity index (χ0n) is 14.6. The first-order valence-corrected chi connectivity index (χ1v) is 8.03. The Morgan fingerprint density at radius 3 is 2.58 bits per heavy atom. The minimum absolute atomic E-state index is 0.309. The van der Waals surface area contributed by atoms with Crippen molar-refractivity contribution >= 4 is 18.0 Å². The number of nitrogens with one attached hydrogen (secondary N) is 1. The Balaban J connectivity index is 1.80. The molecule has 2 rings (SSSR count). The van der Waals surface area contributed by atoms with Gasteiger partial charge in [0.25, 0.3) is 5.91 Å². The molecule has 0 bridgehead atoms. The average Bonchev–Trinajstić information content (AvgIpc) is 2.65. The van der Waals surface area contributed by atoms with Crippen LogP contribution in [0.2, 0.25) is 0 Å². The highest BCUT2D eigenvalue weighted by atomic mass is 19.1. The molecule has 1 amide bonds. The number of amides is 1. The lowest BCUT2D eigenvalue weighted by atomic mass is 10.2. The molecule has 0 spiro atoms. The van der Waals surface area contributed by atoms with Gasteiger partial charge < -0.3 is 14.8 Å². The Morgan fingerprint density at radius 1 is 1.19 bits per heavy atom. The topological polar surface area (TPSA) is 64.6 Å². The second-order valence-corrected chi connectivity index (χ2v) is 5.53. The molecule has 0 aromatic heterocycles. The molecule has 2 aromatic carbocycles. The van der Waals surface area contributed by atoms with E-state index in [4.69, 9.17) is 9.47 Å². The molecule has 0 fully saturated rings. The normalized spacial score (nSPS) is 11.8. The fourth-order valence-corrected chi connectivity index (χ4v) is 2.12. The Kier molecular flexibility index (Phi) is 6.91. The Bertz CT molecular complexity index is 787. The SMILES string of the molecule is COc1ccc(CNC(=O)[C@@H](C)OC(=O)/C=C/c2cccc(F)c2)cc1. The lowest BCUT2D eigenvalue weighted by molar-refractivity contribution is -0.150. The van der Waals surface area contributed by atoms with Crippen LogP contribution in [0.25, 0.3) is 6.08 Å². The Labute approximate surface area is 151 Å². The predicted molar refractivity (Wildman–Crippen MR) is 95.8 cm³/mol. The maximum absolute atomic E-state index is 13.1. The minimum Gasteiger partial charge on any atom is -0.497 e. The van der Waals surface area contributed by atoms with Gasteiger partial charge in [0.1, 0.15) is 11.6 Å². The Hall–Kier alpha value is -3.15. The molecule has 6 heteroatoms. The van der Waals surface area contributed by atoms with Crippen LogP contribution < -0.4 is 10.1 Å². The van der Waals surface area contributed by atoms with Gasteiger partial charge in [-0.3, -0.25) is 4.79 Å². The molecular formula is C20H20FNO4. The lowest BCUT2D eigenvalue weighted by Crippen LogP contribution is -2.35. The van der Waals surface area contributed by atoms with Crippen LogP contribution in [0.1, 0.15) is 18.1 Å². The number of benzene rings is 2. The molecule has 5 nitrogen and oxygen atoms in total. The van der Waals surface area contributed by atoms with Crippen molar-refractivity contribution in [3.8, 4) is 5.75 Å². The Morgan fingerprint density at radius 2 is 1.92 bits per heavy atom. The van der Waals surface area contributed by atoms with E-state index in [1.54, 1.807) is 25.3 Å². The summed E-state index contributed by atoms with van der Waals surface area (Å²) in [6.45, 7) is 1.79. The van der Waals surface area contributed by atoms with E-state index < -0.39 is 23.8 Å². The van der Waals surface area contributed by atoms with Crippen molar-refractivity contribution < 1.29 is 23.5 Å². The van der Waals surface area contributed by atoms with Gasteiger partial charge >= 0.3 is 5.97 Å². The maximum atomic E-state index is 13.1. The molecule has 0 saturated carbocycles. The fourth-order valence-electron chi connectivity index (χ4n) is 2.12. The summed E-state index contributed by atoms with van der Waals surface area (Å²) >= 11 is 0. The average molecular weight is 357 g/mol. The van der Waals surface area contributed by atoms with E-state index in [1.807, 2.05) is 12.1 Å². The number of ether oxygens (including phenoxy) is 2. The number of hydrogen-bond donors (Lipinski definition) is 1. The molecule has 0 radical (unpaired) electrons. The van der Waals surface area contributed by atoms with E-state index in [0.29, 0.717) is 12.1 Å². The molecule has 0 aliphatic heterocycles. The molecule has 0 heterocycles. The number of methoxy groups -OCH3 is 1. The third-order valence-corrected chi connectivity index (χ3v) is 3.55. The van der Waals surface area contributed by atoms with Gasteiger partial charge in [-0.05, 0) is 48.4 Å². The van der Waals surface area contributed by atoms with Gasteiger partial charge in [0, 0.05) is 12.6 Å². The summed E-state index contributed by atoms with van der Waals surface area (Å²) < 4.78 is 23.2. The molecule has 26 heavy (non-hydrogen) atoms. The van der Waals surface area contributed by atoms with Crippen molar-refractivity contribution in [2.24, 2.45) is 0 Å². The van der Waals surface area contributed by atoms with Crippen LogP contribution in [0.3, 0.4) is 0 Å². The van der Waals surface area contributed by atoms with Crippen LogP contribution >= 0.6 is 0 Å². The molecular weight excluding hydrogens is 337 g/mol. The molecule has 0 aliphatic rings. The molecule has 0 aliphatic carbocycles. The zero-order chi connectivity index (χ0) is 18.9. The second-order valence-electron chi connectivity index (χ2n) is 5.53. The summed E-state index contributed by atoms with van der Waals surface area (Å²) in [6.07, 6.45) is 1.63. The number of hydrogen-bond acceptors (Lipinski definition) is 4. The van der Waals surface area contributed by atoms with Crippen LogP contribution in [-0.4, -0.2) is 25.1 Å². The summed E-state index contributed by atoms with van der Waals surface area (Å²) in [6, 6.07) is 13.0. The summed E-state index contributed by atoms with van der Waals surface area (Å²) in [7, 11) is 1.58. The third-order valence-electron chi connectivity index (χ3n) is 3.55.